The van der Waals surface area contributed by atoms with Crippen molar-refractivity contribution < 1.29 is 22.1 Å². The summed E-state index contributed by atoms with van der Waals surface area (Å²) in [6, 6.07) is 24.4. The molecule has 2 unspecified atom stereocenters. The van der Waals surface area contributed by atoms with Crippen LogP contribution in [0.1, 0.15) is 17.0 Å². The molecule has 31 heavy (non-hydrogen) atoms. The molecule has 3 aromatic rings. The lowest BCUT2D eigenvalue weighted by atomic mass is 9.81. The Morgan fingerprint density at radius 1 is 0.903 bits per heavy atom. The molecule has 0 aromatic heterocycles. The van der Waals surface area contributed by atoms with Crippen molar-refractivity contribution >= 4 is 16.1 Å². The van der Waals surface area contributed by atoms with Crippen molar-refractivity contribution in [1.82, 2.24) is 0 Å². The number of carbonyl (C=O) groups excluding carboxylic acids is 1. The second kappa shape index (κ2) is 10.2. The first kappa shape index (κ1) is 22.5. The molecule has 0 aliphatic carbocycles. The van der Waals surface area contributed by atoms with Gasteiger partial charge >= 0.3 is 16.1 Å². The molecule has 0 heterocycles. The Hall–Kier alpha value is -3.16. The molecule has 2 atom stereocenters. The van der Waals surface area contributed by atoms with Gasteiger partial charge in [0.2, 0.25) is 0 Å². The summed E-state index contributed by atoms with van der Waals surface area (Å²) in [5.41, 5.74) is 7.81. The van der Waals surface area contributed by atoms with Crippen LogP contribution < -0.4 is 9.92 Å². The second-order valence-electron chi connectivity index (χ2n) is 7.08. The van der Waals surface area contributed by atoms with Crippen molar-refractivity contribution in [2.45, 2.75) is 17.2 Å². The SMILES string of the molecule is COC(=O)C(CN)C(Cc1ccccc1)c1ccc(OS(=O)(=O)c2ccccc2)cc1. The van der Waals surface area contributed by atoms with Crippen LogP contribution in [0.3, 0.4) is 0 Å². The minimum atomic E-state index is -3.93. The zero-order valence-corrected chi connectivity index (χ0v) is 18.0. The summed E-state index contributed by atoms with van der Waals surface area (Å²) in [6.45, 7) is 0.130. The number of hydrogen-bond acceptors (Lipinski definition) is 6. The lowest BCUT2D eigenvalue weighted by molar-refractivity contribution is -0.145. The molecule has 0 aliphatic rings. The highest BCUT2D eigenvalue weighted by molar-refractivity contribution is 7.87. The van der Waals surface area contributed by atoms with Gasteiger partial charge in [-0.15, -0.1) is 0 Å². The van der Waals surface area contributed by atoms with E-state index in [2.05, 4.69) is 0 Å². The Labute approximate surface area is 182 Å². The molecule has 0 spiro atoms. The molecule has 0 saturated carbocycles. The summed E-state index contributed by atoms with van der Waals surface area (Å²) < 4.78 is 35.1. The van der Waals surface area contributed by atoms with E-state index in [4.69, 9.17) is 14.7 Å². The largest absolute Gasteiger partial charge is 0.469 e. The van der Waals surface area contributed by atoms with Gasteiger partial charge in [0.05, 0.1) is 13.0 Å². The van der Waals surface area contributed by atoms with Crippen molar-refractivity contribution in [3.05, 3.63) is 96.1 Å². The van der Waals surface area contributed by atoms with Gasteiger partial charge in [0.1, 0.15) is 10.6 Å². The van der Waals surface area contributed by atoms with Gasteiger partial charge in [-0.25, -0.2) is 0 Å². The van der Waals surface area contributed by atoms with E-state index in [1.54, 1.807) is 42.5 Å². The highest BCUT2D eigenvalue weighted by Gasteiger charge is 2.29. The average molecular weight is 440 g/mol. The zero-order chi connectivity index (χ0) is 22.3. The first-order chi connectivity index (χ1) is 14.9. The van der Waals surface area contributed by atoms with Gasteiger partial charge in [0, 0.05) is 12.5 Å². The fourth-order valence-electron chi connectivity index (χ4n) is 3.47. The van der Waals surface area contributed by atoms with Crippen LogP contribution in [0, 0.1) is 5.92 Å². The molecule has 3 rings (SSSR count). The summed E-state index contributed by atoms with van der Waals surface area (Å²) >= 11 is 0. The molecule has 0 saturated heterocycles. The maximum Gasteiger partial charge on any atom is 0.339 e. The van der Waals surface area contributed by atoms with Gasteiger partial charge < -0.3 is 14.7 Å². The number of esters is 1. The Balaban J connectivity index is 1.87. The first-order valence-electron chi connectivity index (χ1n) is 9.86. The van der Waals surface area contributed by atoms with E-state index < -0.39 is 16.0 Å². The van der Waals surface area contributed by atoms with Gasteiger partial charge in [0.25, 0.3) is 0 Å². The molecule has 0 bridgehead atoms. The lowest BCUT2D eigenvalue weighted by Gasteiger charge is -2.25. The molecule has 2 N–H and O–H groups in total. The van der Waals surface area contributed by atoms with E-state index in [1.807, 2.05) is 30.3 Å². The van der Waals surface area contributed by atoms with Crippen molar-refractivity contribution in [3.8, 4) is 5.75 Å². The van der Waals surface area contributed by atoms with Crippen molar-refractivity contribution in [2.75, 3.05) is 13.7 Å². The molecular weight excluding hydrogens is 414 g/mol. The minimum Gasteiger partial charge on any atom is -0.469 e. The highest BCUT2D eigenvalue weighted by atomic mass is 32.2. The van der Waals surface area contributed by atoms with E-state index in [1.165, 1.54) is 19.2 Å². The quantitative estimate of drug-likeness (QED) is 0.405. The number of methoxy groups -OCH3 is 1. The van der Waals surface area contributed by atoms with Crippen molar-refractivity contribution in [1.29, 1.82) is 0 Å². The molecule has 0 amide bonds. The topological polar surface area (TPSA) is 95.7 Å². The van der Waals surface area contributed by atoms with Crippen molar-refractivity contribution in [3.63, 3.8) is 0 Å². The first-order valence-corrected chi connectivity index (χ1v) is 11.3. The third-order valence-corrected chi connectivity index (χ3v) is 6.35. The summed E-state index contributed by atoms with van der Waals surface area (Å²) in [5, 5.41) is 0. The van der Waals surface area contributed by atoms with Crippen LogP contribution in [-0.2, 0) is 26.1 Å². The number of hydrogen-bond donors (Lipinski definition) is 1. The number of rotatable bonds is 9. The Kier molecular flexibility index (Phi) is 7.44. The summed E-state index contributed by atoms with van der Waals surface area (Å²) in [7, 11) is -2.58. The number of ether oxygens (including phenoxy) is 1. The molecule has 162 valence electrons. The summed E-state index contributed by atoms with van der Waals surface area (Å²) in [6.07, 6.45) is 0.584. The standard InChI is InChI=1S/C24H25NO5S/c1-29-24(26)23(17-25)22(16-18-8-4-2-5-9-18)19-12-14-20(15-13-19)30-31(27,28)21-10-6-3-7-11-21/h2-15,22-23H,16-17,25H2,1H3. The van der Waals surface area contributed by atoms with Gasteiger partial charge in [-0.05, 0) is 41.8 Å². The third kappa shape index (κ3) is 5.71. The van der Waals surface area contributed by atoms with Gasteiger partial charge in [-0.2, -0.15) is 8.42 Å². The summed E-state index contributed by atoms with van der Waals surface area (Å²) in [4.78, 5) is 12.4. The van der Waals surface area contributed by atoms with E-state index in [9.17, 15) is 13.2 Å². The van der Waals surface area contributed by atoms with Crippen LogP contribution in [0.2, 0.25) is 0 Å². The van der Waals surface area contributed by atoms with E-state index >= 15 is 0 Å². The van der Waals surface area contributed by atoms with Gasteiger partial charge in [-0.1, -0.05) is 60.7 Å². The average Bonchev–Trinajstić information content (AvgIpc) is 2.80. The fourth-order valence-corrected chi connectivity index (χ4v) is 4.42. The van der Waals surface area contributed by atoms with Crippen LogP contribution >= 0.6 is 0 Å². The third-order valence-electron chi connectivity index (χ3n) is 5.09. The van der Waals surface area contributed by atoms with Crippen molar-refractivity contribution in [2.24, 2.45) is 11.7 Å². The van der Waals surface area contributed by atoms with Gasteiger partial charge in [-0.3, -0.25) is 4.79 Å². The Morgan fingerprint density at radius 2 is 1.48 bits per heavy atom. The molecule has 7 heteroatoms. The maximum atomic E-state index is 12.4. The number of carbonyl (C=O) groups is 1. The number of nitrogens with two attached hydrogens (primary N) is 1. The van der Waals surface area contributed by atoms with Crippen LogP contribution in [-0.4, -0.2) is 28.0 Å². The molecule has 3 aromatic carbocycles. The molecular formula is C24H25NO5S. The molecule has 0 radical (unpaired) electrons. The lowest BCUT2D eigenvalue weighted by Crippen LogP contribution is -2.32. The Morgan fingerprint density at radius 3 is 2.03 bits per heavy atom. The molecule has 6 nitrogen and oxygen atoms in total. The van der Waals surface area contributed by atoms with E-state index in [-0.39, 0.29) is 29.1 Å². The molecule has 0 fully saturated rings. The van der Waals surface area contributed by atoms with Crippen LogP contribution in [0.15, 0.2) is 89.8 Å². The van der Waals surface area contributed by atoms with E-state index in [0.717, 1.165) is 11.1 Å². The maximum absolute atomic E-state index is 12.4. The zero-order valence-electron chi connectivity index (χ0n) is 17.2. The number of benzene rings is 3. The monoisotopic (exact) mass is 439 g/mol. The van der Waals surface area contributed by atoms with Crippen LogP contribution in [0.25, 0.3) is 0 Å². The smallest absolute Gasteiger partial charge is 0.339 e. The van der Waals surface area contributed by atoms with E-state index in [0.29, 0.717) is 6.42 Å². The predicted molar refractivity (Wildman–Crippen MR) is 118 cm³/mol. The molecule has 0 aliphatic heterocycles. The summed E-state index contributed by atoms with van der Waals surface area (Å²) in [5.74, 6) is -0.964. The normalized spacial score (nSPS) is 13.2. The second-order valence-corrected chi connectivity index (χ2v) is 8.63. The minimum absolute atomic E-state index is 0.0786. The van der Waals surface area contributed by atoms with Gasteiger partial charge in [0.15, 0.2) is 0 Å². The highest BCUT2D eigenvalue weighted by Crippen LogP contribution is 2.31. The predicted octanol–water partition coefficient (Wildman–Crippen LogP) is 3.53. The Bertz CT molecular complexity index is 1080. The fraction of sp³-hybridized carbons (Fsp3) is 0.208. The van der Waals surface area contributed by atoms with Crippen LogP contribution in [0.5, 0.6) is 5.75 Å². The van der Waals surface area contributed by atoms with Crippen LogP contribution in [0.4, 0.5) is 0 Å².